The quantitative estimate of drug-likeness (QED) is 0.609. The number of ether oxygens (including phenoxy) is 1. The van der Waals surface area contributed by atoms with Gasteiger partial charge in [0.25, 0.3) is 0 Å². The van der Waals surface area contributed by atoms with Crippen LogP contribution in [0.15, 0.2) is 73.1 Å². The van der Waals surface area contributed by atoms with E-state index in [9.17, 15) is 0 Å². The number of benzene rings is 1. The minimum atomic E-state index is 0.250. The third-order valence-electron chi connectivity index (χ3n) is 5.44. The number of nitrogens with one attached hydrogen (secondary N) is 2. The Morgan fingerprint density at radius 2 is 2.20 bits per heavy atom. The van der Waals surface area contributed by atoms with Gasteiger partial charge in [-0.1, -0.05) is 30.9 Å². The highest BCUT2D eigenvalue weighted by Gasteiger charge is 2.21. The molecule has 1 aliphatic heterocycles. The minimum absolute atomic E-state index is 0.250. The Hall–Kier alpha value is -3.38. The Bertz CT molecular complexity index is 1100. The maximum Gasteiger partial charge on any atom is 0.181 e. The molecule has 1 aromatic carbocycles. The number of pyridine rings is 1. The molecule has 3 heterocycles. The summed E-state index contributed by atoms with van der Waals surface area (Å²) in [5.41, 5.74) is 5.06. The van der Waals surface area contributed by atoms with Gasteiger partial charge in [0.2, 0.25) is 0 Å². The van der Waals surface area contributed by atoms with Crippen molar-refractivity contribution in [1.29, 1.82) is 0 Å². The first-order valence-corrected chi connectivity index (χ1v) is 10.1. The van der Waals surface area contributed by atoms with E-state index in [1.54, 1.807) is 13.3 Å². The summed E-state index contributed by atoms with van der Waals surface area (Å²) in [4.78, 5) is 6.59. The summed E-state index contributed by atoms with van der Waals surface area (Å²) in [5, 5.41) is 12.0. The fourth-order valence-electron chi connectivity index (χ4n) is 3.74. The molecule has 0 spiro atoms. The molecule has 3 aromatic rings. The minimum Gasteiger partial charge on any atom is -0.497 e. The lowest BCUT2D eigenvalue weighted by atomic mass is 10.0. The van der Waals surface area contributed by atoms with E-state index in [1.807, 2.05) is 30.3 Å². The van der Waals surface area contributed by atoms with Gasteiger partial charge in [-0.3, -0.25) is 5.10 Å². The molecule has 0 saturated carbocycles. The van der Waals surface area contributed by atoms with E-state index in [2.05, 4.69) is 63.2 Å². The number of rotatable bonds is 6. The van der Waals surface area contributed by atoms with Crippen molar-refractivity contribution in [2.45, 2.75) is 13.0 Å². The average molecular weight is 402 g/mol. The van der Waals surface area contributed by atoms with Gasteiger partial charge in [0.1, 0.15) is 5.75 Å². The van der Waals surface area contributed by atoms with Gasteiger partial charge in [-0.15, -0.1) is 0 Å². The predicted octanol–water partition coefficient (Wildman–Crippen LogP) is 4.09. The van der Waals surface area contributed by atoms with Gasteiger partial charge in [0, 0.05) is 43.0 Å². The molecule has 1 fully saturated rings. The van der Waals surface area contributed by atoms with E-state index in [0.29, 0.717) is 0 Å². The zero-order valence-electron chi connectivity index (χ0n) is 17.4. The second-order valence-electron chi connectivity index (χ2n) is 7.40. The number of H-pyrrole nitrogens is 1. The van der Waals surface area contributed by atoms with Gasteiger partial charge in [-0.25, -0.2) is 4.98 Å². The predicted molar refractivity (Wildman–Crippen MR) is 121 cm³/mol. The summed E-state index contributed by atoms with van der Waals surface area (Å²) in [7, 11) is 1.70. The third-order valence-corrected chi connectivity index (χ3v) is 5.44. The summed E-state index contributed by atoms with van der Waals surface area (Å²) >= 11 is 0. The zero-order valence-corrected chi connectivity index (χ0v) is 17.4. The van der Waals surface area contributed by atoms with E-state index in [4.69, 9.17) is 4.74 Å². The normalized spacial score (nSPS) is 17.6. The summed E-state index contributed by atoms with van der Waals surface area (Å²) < 4.78 is 5.37. The number of aromatic amines is 1. The van der Waals surface area contributed by atoms with Crippen LogP contribution in [0.3, 0.4) is 0 Å². The van der Waals surface area contributed by atoms with Gasteiger partial charge >= 0.3 is 0 Å². The van der Waals surface area contributed by atoms with E-state index in [1.165, 1.54) is 5.56 Å². The molecule has 1 saturated heterocycles. The van der Waals surface area contributed by atoms with Crippen LogP contribution in [-0.2, 0) is 0 Å². The molecule has 0 aliphatic carbocycles. The van der Waals surface area contributed by atoms with Crippen molar-refractivity contribution in [3.05, 3.63) is 84.4 Å². The van der Waals surface area contributed by atoms with Crippen LogP contribution in [0, 0.1) is 0 Å². The van der Waals surface area contributed by atoms with Gasteiger partial charge < -0.3 is 15.0 Å². The molecule has 6 heteroatoms. The Labute approximate surface area is 177 Å². The van der Waals surface area contributed by atoms with Crippen LogP contribution in [0.5, 0.6) is 5.75 Å². The largest absolute Gasteiger partial charge is 0.497 e. The standard InChI is InChI=1S/C24H27N5O/c1-17(23-21-11-6-12-26-24(21)28-27-23)7-4-8-18(2)29-14-13-25-22(16-29)19-9-5-10-20(15-19)30-3/h4-12,15,22,25H,2,13-14,16H2,1,3H3,(H,26,27,28)/b8-4-,17-7+. The maximum atomic E-state index is 5.37. The van der Waals surface area contributed by atoms with Crippen LogP contribution in [0.1, 0.15) is 24.2 Å². The molecule has 30 heavy (non-hydrogen) atoms. The number of nitrogens with zero attached hydrogens (tertiary/aromatic N) is 3. The first-order valence-electron chi connectivity index (χ1n) is 10.1. The molecule has 2 N–H and O–H groups in total. The van der Waals surface area contributed by atoms with Crippen LogP contribution in [0.25, 0.3) is 16.6 Å². The first-order chi connectivity index (χ1) is 14.7. The number of fused-ring (bicyclic) bond motifs is 1. The molecule has 2 aromatic heterocycles. The maximum absolute atomic E-state index is 5.37. The number of allylic oxidation sites excluding steroid dienone is 4. The highest BCUT2D eigenvalue weighted by Crippen LogP contribution is 2.24. The van der Waals surface area contributed by atoms with E-state index in [0.717, 1.165) is 53.4 Å². The summed E-state index contributed by atoms with van der Waals surface area (Å²) in [5.74, 6) is 0.882. The van der Waals surface area contributed by atoms with Gasteiger partial charge in [-0.2, -0.15) is 5.10 Å². The van der Waals surface area contributed by atoms with Crippen molar-refractivity contribution in [1.82, 2.24) is 25.4 Å². The lowest BCUT2D eigenvalue weighted by Crippen LogP contribution is -2.44. The molecule has 1 atom stereocenters. The number of methoxy groups -OCH3 is 1. The highest BCUT2D eigenvalue weighted by atomic mass is 16.5. The van der Waals surface area contributed by atoms with Crippen molar-refractivity contribution in [3.8, 4) is 5.75 Å². The molecule has 6 nitrogen and oxygen atoms in total. The second-order valence-corrected chi connectivity index (χ2v) is 7.40. The van der Waals surface area contributed by atoms with Gasteiger partial charge in [0.15, 0.2) is 5.65 Å². The van der Waals surface area contributed by atoms with E-state index in [-0.39, 0.29) is 6.04 Å². The fourth-order valence-corrected chi connectivity index (χ4v) is 3.74. The number of hydrogen-bond acceptors (Lipinski definition) is 5. The van der Waals surface area contributed by atoms with Crippen LogP contribution in [-0.4, -0.2) is 46.8 Å². The molecule has 4 rings (SSSR count). The molecule has 0 radical (unpaired) electrons. The second kappa shape index (κ2) is 8.97. The molecule has 154 valence electrons. The Balaban J connectivity index is 1.42. The molecule has 1 unspecified atom stereocenters. The van der Waals surface area contributed by atoms with Gasteiger partial charge in [-0.05, 0) is 48.4 Å². The molecular formula is C24H27N5O. The molecule has 1 aliphatic rings. The number of aromatic nitrogens is 3. The Morgan fingerprint density at radius 3 is 3.07 bits per heavy atom. The average Bonchev–Trinajstić information content (AvgIpc) is 3.23. The van der Waals surface area contributed by atoms with Crippen LogP contribution in [0.2, 0.25) is 0 Å². The lowest BCUT2D eigenvalue weighted by Gasteiger charge is -2.35. The van der Waals surface area contributed by atoms with Crippen LogP contribution in [0.4, 0.5) is 0 Å². The topological polar surface area (TPSA) is 66.1 Å². The fraction of sp³-hybridized carbons (Fsp3) is 0.250. The van der Waals surface area contributed by atoms with Crippen molar-refractivity contribution in [2.75, 3.05) is 26.7 Å². The Morgan fingerprint density at radius 1 is 1.30 bits per heavy atom. The molecule has 0 bridgehead atoms. The monoisotopic (exact) mass is 401 g/mol. The number of hydrogen-bond donors (Lipinski definition) is 2. The first kappa shape index (κ1) is 19.9. The smallest absolute Gasteiger partial charge is 0.181 e. The molecular weight excluding hydrogens is 374 g/mol. The van der Waals surface area contributed by atoms with Crippen molar-refractivity contribution < 1.29 is 4.74 Å². The van der Waals surface area contributed by atoms with Crippen molar-refractivity contribution >= 4 is 16.6 Å². The zero-order chi connectivity index (χ0) is 20.9. The van der Waals surface area contributed by atoms with Crippen LogP contribution < -0.4 is 10.1 Å². The van der Waals surface area contributed by atoms with E-state index >= 15 is 0 Å². The summed E-state index contributed by atoms with van der Waals surface area (Å²) in [6.07, 6.45) is 7.94. The van der Waals surface area contributed by atoms with E-state index < -0.39 is 0 Å². The summed E-state index contributed by atoms with van der Waals surface area (Å²) in [6.45, 7) is 9.06. The number of piperazine rings is 1. The SMILES string of the molecule is C=C(/C=C\C=C(/C)c1[nH]nc2ncccc12)N1CCNC(c2cccc(OC)c2)C1. The Kier molecular flexibility index (Phi) is 5.95. The highest BCUT2D eigenvalue weighted by molar-refractivity contribution is 5.87. The van der Waals surface area contributed by atoms with Crippen molar-refractivity contribution in [2.24, 2.45) is 0 Å². The molecule has 0 amide bonds. The van der Waals surface area contributed by atoms with Crippen LogP contribution >= 0.6 is 0 Å². The third kappa shape index (κ3) is 4.28. The van der Waals surface area contributed by atoms with Gasteiger partial charge in [0.05, 0.1) is 12.8 Å². The summed E-state index contributed by atoms with van der Waals surface area (Å²) in [6, 6.07) is 12.4. The lowest BCUT2D eigenvalue weighted by molar-refractivity contribution is 0.255. The van der Waals surface area contributed by atoms with Crippen molar-refractivity contribution in [3.63, 3.8) is 0 Å².